The quantitative estimate of drug-likeness (QED) is 0.746. The monoisotopic (exact) mass is 372 g/mol. The molecule has 3 aromatic rings. The number of aromatic nitrogens is 1. The van der Waals surface area contributed by atoms with E-state index < -0.39 is 6.29 Å². The van der Waals surface area contributed by atoms with Crippen molar-refractivity contribution in [3.8, 4) is 5.75 Å². The Balaban J connectivity index is 1.75. The van der Waals surface area contributed by atoms with Gasteiger partial charge in [0.2, 0.25) is 6.29 Å². The van der Waals surface area contributed by atoms with E-state index in [1.165, 1.54) is 11.3 Å². The lowest BCUT2D eigenvalue weighted by atomic mass is 10.0. The molecule has 2 heterocycles. The van der Waals surface area contributed by atoms with Gasteiger partial charge in [-0.3, -0.25) is 0 Å². The Morgan fingerprint density at radius 2 is 2.12 bits per heavy atom. The number of nitrogens with zero attached hydrogens (tertiary/aromatic N) is 2. The van der Waals surface area contributed by atoms with E-state index in [2.05, 4.69) is 16.0 Å². The van der Waals surface area contributed by atoms with Gasteiger partial charge in [-0.1, -0.05) is 29.8 Å². The molecule has 0 amide bonds. The van der Waals surface area contributed by atoms with E-state index in [9.17, 15) is 5.11 Å². The molecular formula is C19H17ClN2O2S. The summed E-state index contributed by atoms with van der Waals surface area (Å²) in [5.74, 6) is 0.690. The molecule has 2 aromatic carbocycles. The number of thiazole rings is 1. The molecule has 0 bridgehead atoms. The van der Waals surface area contributed by atoms with Crippen LogP contribution in [0.1, 0.15) is 16.1 Å². The van der Waals surface area contributed by atoms with Gasteiger partial charge in [0.15, 0.2) is 0 Å². The second-order valence-corrected chi connectivity index (χ2v) is 7.72. The lowest BCUT2D eigenvalue weighted by molar-refractivity contribution is 0.0319. The van der Waals surface area contributed by atoms with Crippen molar-refractivity contribution in [2.45, 2.75) is 12.8 Å². The fraction of sp³-hybridized carbons (Fsp3) is 0.211. The Morgan fingerprint density at radius 1 is 1.28 bits per heavy atom. The maximum atomic E-state index is 10.5. The second-order valence-electron chi connectivity index (χ2n) is 6.29. The molecular weight excluding hydrogens is 356 g/mol. The van der Waals surface area contributed by atoms with E-state index >= 15 is 0 Å². The predicted molar refractivity (Wildman–Crippen MR) is 103 cm³/mol. The molecule has 4 nitrogen and oxygen atoms in total. The van der Waals surface area contributed by atoms with Crippen LogP contribution in [-0.2, 0) is 6.54 Å². The molecule has 1 aromatic heterocycles. The molecule has 4 rings (SSSR count). The first-order valence-electron chi connectivity index (χ1n) is 7.90. The topological polar surface area (TPSA) is 45.6 Å². The Labute approximate surface area is 154 Å². The summed E-state index contributed by atoms with van der Waals surface area (Å²) in [6.07, 6.45) is 0.899. The van der Waals surface area contributed by atoms with E-state index in [1.54, 1.807) is 0 Å². The summed E-state index contributed by atoms with van der Waals surface area (Å²) >= 11 is 7.71. The van der Waals surface area contributed by atoms with Crippen LogP contribution in [0.2, 0.25) is 5.02 Å². The zero-order valence-electron chi connectivity index (χ0n) is 13.9. The fourth-order valence-corrected chi connectivity index (χ4v) is 4.19. The van der Waals surface area contributed by atoms with Gasteiger partial charge < -0.3 is 14.7 Å². The molecule has 1 atom stereocenters. The molecule has 128 valence electrons. The second kappa shape index (κ2) is 6.42. The van der Waals surface area contributed by atoms with Crippen LogP contribution in [0.3, 0.4) is 0 Å². The Kier molecular flexibility index (Phi) is 4.25. The maximum Gasteiger partial charge on any atom is 0.227 e. The highest BCUT2D eigenvalue weighted by atomic mass is 35.5. The van der Waals surface area contributed by atoms with Crippen molar-refractivity contribution in [3.05, 3.63) is 57.6 Å². The highest BCUT2D eigenvalue weighted by molar-refractivity contribution is 7.19. The van der Waals surface area contributed by atoms with Crippen LogP contribution < -0.4 is 4.74 Å². The zero-order chi connectivity index (χ0) is 17.6. The number of hydrogen-bond acceptors (Lipinski definition) is 5. The first-order valence-corrected chi connectivity index (χ1v) is 9.10. The molecule has 1 aliphatic heterocycles. The number of para-hydroxylation sites is 1. The number of aliphatic hydroxyl groups is 1. The molecule has 1 unspecified atom stereocenters. The number of hydrogen-bond donors (Lipinski definition) is 1. The first-order chi connectivity index (χ1) is 12.0. The summed E-state index contributed by atoms with van der Waals surface area (Å²) in [4.78, 5) is 6.68. The van der Waals surface area contributed by atoms with Crippen molar-refractivity contribution in [1.29, 1.82) is 0 Å². The van der Waals surface area contributed by atoms with E-state index in [0.717, 1.165) is 32.9 Å². The zero-order valence-corrected chi connectivity index (χ0v) is 15.4. The Morgan fingerprint density at radius 3 is 2.88 bits per heavy atom. The lowest BCUT2D eigenvalue weighted by Crippen LogP contribution is -2.21. The largest absolute Gasteiger partial charge is 0.460 e. The number of fused-ring (bicyclic) bond motifs is 2. The average Bonchev–Trinajstić information content (AvgIpc) is 2.99. The van der Waals surface area contributed by atoms with Gasteiger partial charge in [-0.15, -0.1) is 11.3 Å². The number of ether oxygens (including phenoxy) is 1. The lowest BCUT2D eigenvalue weighted by Gasteiger charge is -2.23. The highest BCUT2D eigenvalue weighted by Crippen LogP contribution is 2.38. The van der Waals surface area contributed by atoms with Crippen molar-refractivity contribution in [2.24, 2.45) is 0 Å². The van der Waals surface area contributed by atoms with Crippen molar-refractivity contribution >= 4 is 44.8 Å². The van der Waals surface area contributed by atoms with Crippen LogP contribution in [0.5, 0.6) is 5.75 Å². The third-order valence-corrected chi connectivity index (χ3v) is 5.38. The van der Waals surface area contributed by atoms with Crippen LogP contribution in [0, 0.1) is 0 Å². The minimum absolute atomic E-state index is 0.612. The number of rotatable bonds is 3. The SMILES string of the molecule is CN(C)Cc1ccc2c(c1)OC(O)C(c1nc3c(Cl)cccc3s1)=C2. The molecule has 1 aliphatic rings. The summed E-state index contributed by atoms with van der Waals surface area (Å²) in [5.41, 5.74) is 3.49. The molecule has 0 spiro atoms. The summed E-state index contributed by atoms with van der Waals surface area (Å²) in [6, 6.07) is 11.7. The van der Waals surface area contributed by atoms with Crippen LogP contribution in [0.15, 0.2) is 36.4 Å². The van der Waals surface area contributed by atoms with Crippen molar-refractivity contribution in [3.63, 3.8) is 0 Å². The van der Waals surface area contributed by atoms with E-state index in [1.807, 2.05) is 50.5 Å². The van der Waals surface area contributed by atoms with Gasteiger partial charge in [0, 0.05) is 12.1 Å². The van der Waals surface area contributed by atoms with Gasteiger partial charge in [0.05, 0.1) is 15.3 Å². The predicted octanol–water partition coefficient (Wildman–Crippen LogP) is 4.26. The van der Waals surface area contributed by atoms with Crippen LogP contribution in [0.4, 0.5) is 0 Å². The van der Waals surface area contributed by atoms with Gasteiger partial charge in [0.25, 0.3) is 0 Å². The van der Waals surface area contributed by atoms with E-state index in [0.29, 0.717) is 16.3 Å². The summed E-state index contributed by atoms with van der Waals surface area (Å²) in [7, 11) is 4.04. The van der Waals surface area contributed by atoms with Crippen LogP contribution in [-0.4, -0.2) is 35.4 Å². The third kappa shape index (κ3) is 3.16. The molecule has 0 saturated carbocycles. The fourth-order valence-electron chi connectivity index (χ4n) is 2.89. The maximum absolute atomic E-state index is 10.5. The third-order valence-electron chi connectivity index (χ3n) is 4.01. The smallest absolute Gasteiger partial charge is 0.227 e. The summed E-state index contributed by atoms with van der Waals surface area (Å²) in [5, 5.41) is 11.8. The Bertz CT molecular complexity index is 981. The van der Waals surface area contributed by atoms with Gasteiger partial charge in [-0.05, 0) is 43.9 Å². The van der Waals surface area contributed by atoms with Crippen LogP contribution >= 0.6 is 22.9 Å². The van der Waals surface area contributed by atoms with E-state index in [-0.39, 0.29) is 0 Å². The standard InChI is InChI=1S/C19H17ClN2O2S/c1-22(2)10-11-6-7-12-9-13(19(23)24-15(12)8-11)18-21-17-14(20)4-3-5-16(17)25-18/h3-9,19,23H,10H2,1-2H3. The van der Waals surface area contributed by atoms with Gasteiger partial charge >= 0.3 is 0 Å². The Hall–Kier alpha value is -1.92. The number of aliphatic hydroxyl groups excluding tert-OH is 1. The van der Waals surface area contributed by atoms with Crippen molar-refractivity contribution < 1.29 is 9.84 Å². The first kappa shape index (κ1) is 16.5. The van der Waals surface area contributed by atoms with Crippen molar-refractivity contribution in [2.75, 3.05) is 14.1 Å². The van der Waals surface area contributed by atoms with Crippen LogP contribution in [0.25, 0.3) is 21.9 Å². The number of benzene rings is 2. The highest BCUT2D eigenvalue weighted by Gasteiger charge is 2.25. The molecule has 0 saturated heterocycles. The van der Waals surface area contributed by atoms with Gasteiger partial charge in [-0.2, -0.15) is 0 Å². The summed E-state index contributed by atoms with van der Waals surface area (Å²) < 4.78 is 6.74. The molecule has 6 heteroatoms. The normalized spacial score (nSPS) is 16.7. The van der Waals surface area contributed by atoms with E-state index in [4.69, 9.17) is 16.3 Å². The minimum Gasteiger partial charge on any atom is -0.460 e. The van der Waals surface area contributed by atoms with Gasteiger partial charge in [-0.25, -0.2) is 4.98 Å². The average molecular weight is 373 g/mol. The van der Waals surface area contributed by atoms with Gasteiger partial charge in [0.1, 0.15) is 16.3 Å². The number of halogens is 1. The molecule has 25 heavy (non-hydrogen) atoms. The summed E-state index contributed by atoms with van der Waals surface area (Å²) in [6.45, 7) is 0.819. The minimum atomic E-state index is -1.04. The van der Waals surface area contributed by atoms with Crippen molar-refractivity contribution in [1.82, 2.24) is 9.88 Å². The molecule has 0 fully saturated rings. The molecule has 0 aliphatic carbocycles. The molecule has 1 N–H and O–H groups in total. The molecule has 0 radical (unpaired) electrons.